The average molecular weight is 553 g/mol. The number of aryl methyl sites for hydroxylation is 1. The summed E-state index contributed by atoms with van der Waals surface area (Å²) in [4.78, 5) is 44.1. The molecule has 3 aliphatic heterocycles. The number of halogens is 1. The van der Waals surface area contributed by atoms with E-state index in [0.717, 1.165) is 55.5 Å². The summed E-state index contributed by atoms with van der Waals surface area (Å²) in [5.74, 6) is 0.00802. The summed E-state index contributed by atoms with van der Waals surface area (Å²) in [6.45, 7) is 6.76. The van der Waals surface area contributed by atoms with Crippen molar-refractivity contribution in [3.8, 4) is 0 Å². The van der Waals surface area contributed by atoms with Crippen LogP contribution in [0.3, 0.4) is 0 Å². The molecule has 2 aromatic rings. The van der Waals surface area contributed by atoms with E-state index in [-0.39, 0.29) is 42.1 Å². The number of carbonyl (C=O) groups excluding carboxylic acids is 3. The molecule has 7 nitrogen and oxygen atoms in total. The number of benzene rings is 2. The lowest BCUT2D eigenvalue weighted by atomic mass is 9.86. The molecule has 210 valence electrons. The summed E-state index contributed by atoms with van der Waals surface area (Å²) < 4.78 is 0. The molecule has 2 unspecified atom stereocenters. The highest BCUT2D eigenvalue weighted by atomic mass is 35.5. The molecule has 3 aliphatic rings. The Morgan fingerprint density at radius 1 is 1.03 bits per heavy atom. The van der Waals surface area contributed by atoms with Gasteiger partial charge in [0.25, 0.3) is 0 Å². The molecule has 2 N–H and O–H groups in total. The number of nitrogens with one attached hydrogen (secondary N) is 2. The van der Waals surface area contributed by atoms with Gasteiger partial charge in [-0.05, 0) is 76.1 Å². The van der Waals surface area contributed by atoms with Crippen LogP contribution in [0.25, 0.3) is 0 Å². The van der Waals surface area contributed by atoms with Crippen molar-refractivity contribution in [2.24, 2.45) is 5.92 Å². The summed E-state index contributed by atoms with van der Waals surface area (Å²) in [6, 6.07) is 17.7. The summed E-state index contributed by atoms with van der Waals surface area (Å²) in [5.41, 5.74) is 2.70. The number of fused-ring (bicyclic) bond motifs is 1. The van der Waals surface area contributed by atoms with Gasteiger partial charge in [-0.25, -0.2) is 0 Å². The van der Waals surface area contributed by atoms with E-state index in [2.05, 4.69) is 22.8 Å². The van der Waals surface area contributed by atoms with E-state index in [0.29, 0.717) is 26.1 Å². The number of likely N-dealkylation sites (tertiary alicyclic amines) is 1. The van der Waals surface area contributed by atoms with Gasteiger partial charge in [-0.1, -0.05) is 48.5 Å². The number of hydrogen-bond donors (Lipinski definition) is 2. The fourth-order valence-electron chi connectivity index (χ4n) is 6.24. The lowest BCUT2D eigenvalue weighted by Gasteiger charge is -2.39. The van der Waals surface area contributed by atoms with Crippen molar-refractivity contribution in [2.75, 3.05) is 31.1 Å². The highest BCUT2D eigenvalue weighted by Gasteiger charge is 2.47. The second kappa shape index (κ2) is 12.5. The Balaban J connectivity index is 0.00000353. The quantitative estimate of drug-likeness (QED) is 0.547. The number of para-hydroxylation sites is 1. The minimum absolute atomic E-state index is 0. The van der Waals surface area contributed by atoms with Crippen LogP contribution >= 0.6 is 12.4 Å². The van der Waals surface area contributed by atoms with Gasteiger partial charge < -0.3 is 20.4 Å². The van der Waals surface area contributed by atoms with Crippen molar-refractivity contribution in [3.05, 3.63) is 65.7 Å². The van der Waals surface area contributed by atoms with E-state index in [9.17, 15) is 14.4 Å². The van der Waals surface area contributed by atoms with Crippen molar-refractivity contribution in [1.82, 2.24) is 15.5 Å². The van der Waals surface area contributed by atoms with Gasteiger partial charge >= 0.3 is 0 Å². The molecule has 3 heterocycles. The zero-order chi connectivity index (χ0) is 26.7. The Hall–Kier alpha value is -2.90. The number of hydrogen-bond acceptors (Lipinski definition) is 4. The van der Waals surface area contributed by atoms with E-state index < -0.39 is 11.5 Å². The van der Waals surface area contributed by atoms with Crippen molar-refractivity contribution in [3.63, 3.8) is 0 Å². The number of rotatable bonds is 7. The molecule has 2 fully saturated rings. The zero-order valence-corrected chi connectivity index (χ0v) is 23.8. The molecule has 0 saturated carbocycles. The molecule has 0 aliphatic carbocycles. The van der Waals surface area contributed by atoms with Crippen LogP contribution < -0.4 is 15.5 Å². The number of nitrogens with zero attached hydrogens (tertiary/aromatic N) is 2. The standard InChI is InChI=1S/C31H40N4O3.ClH/c1-31(2)25-12-6-7-13-27(25)35(30(31)38)24-16-19-34(20-17-24)29(37)26(15-14-22-9-4-3-5-10-22)33-28(36)23-11-8-18-32-21-23;/h3-7,9-10,12-13,23-24,26,32H,8,11,14-21H2,1-2H3,(H,33,36);1H. The van der Waals surface area contributed by atoms with E-state index in [1.165, 1.54) is 0 Å². The molecule has 0 bridgehead atoms. The molecular weight excluding hydrogens is 512 g/mol. The first-order chi connectivity index (χ1) is 18.4. The fourth-order valence-corrected chi connectivity index (χ4v) is 6.24. The molecule has 2 saturated heterocycles. The van der Waals surface area contributed by atoms with Crippen molar-refractivity contribution < 1.29 is 14.4 Å². The van der Waals surface area contributed by atoms with Crippen LogP contribution in [0.2, 0.25) is 0 Å². The molecule has 0 radical (unpaired) electrons. The topological polar surface area (TPSA) is 81.8 Å². The number of piperidine rings is 2. The van der Waals surface area contributed by atoms with Gasteiger partial charge in [-0.2, -0.15) is 0 Å². The summed E-state index contributed by atoms with van der Waals surface area (Å²) in [6.07, 6.45) is 4.59. The largest absolute Gasteiger partial charge is 0.344 e. The van der Waals surface area contributed by atoms with Crippen LogP contribution in [0.1, 0.15) is 57.1 Å². The normalized spacial score (nSPS) is 21.6. The van der Waals surface area contributed by atoms with Gasteiger partial charge in [-0.3, -0.25) is 14.4 Å². The Labute approximate surface area is 238 Å². The first kappa shape index (κ1) is 29.1. The van der Waals surface area contributed by atoms with E-state index >= 15 is 0 Å². The number of anilines is 1. The molecule has 3 amide bonds. The SMILES string of the molecule is CC1(C)C(=O)N(C2CCN(C(=O)C(CCc3ccccc3)NC(=O)C3CCCNC3)CC2)c2ccccc21.Cl. The Kier molecular flexibility index (Phi) is 9.34. The van der Waals surface area contributed by atoms with Gasteiger partial charge in [0.2, 0.25) is 17.7 Å². The third-order valence-electron chi connectivity index (χ3n) is 8.58. The van der Waals surface area contributed by atoms with Crippen LogP contribution in [0.4, 0.5) is 5.69 Å². The minimum atomic E-state index is -0.547. The first-order valence-electron chi connectivity index (χ1n) is 14.1. The van der Waals surface area contributed by atoms with E-state index in [1.807, 2.05) is 66.1 Å². The lowest BCUT2D eigenvalue weighted by molar-refractivity contribution is -0.138. The van der Waals surface area contributed by atoms with Crippen molar-refractivity contribution in [2.45, 2.75) is 69.9 Å². The smallest absolute Gasteiger partial charge is 0.245 e. The fraction of sp³-hybridized carbons (Fsp3) is 0.516. The number of amides is 3. The molecule has 8 heteroatoms. The molecule has 2 aromatic carbocycles. The van der Waals surface area contributed by atoms with Gasteiger partial charge in [0.05, 0.1) is 11.3 Å². The Morgan fingerprint density at radius 3 is 2.41 bits per heavy atom. The Bertz CT molecular complexity index is 1160. The van der Waals surface area contributed by atoms with Gasteiger partial charge in [0.15, 0.2) is 0 Å². The summed E-state index contributed by atoms with van der Waals surface area (Å²) >= 11 is 0. The average Bonchev–Trinajstić information content (AvgIpc) is 3.16. The third kappa shape index (κ3) is 6.15. The highest BCUT2D eigenvalue weighted by molar-refractivity contribution is 6.08. The molecular formula is C31H41ClN4O3. The van der Waals surface area contributed by atoms with Crippen molar-refractivity contribution >= 4 is 35.8 Å². The third-order valence-corrected chi connectivity index (χ3v) is 8.58. The van der Waals surface area contributed by atoms with E-state index in [1.54, 1.807) is 0 Å². The van der Waals surface area contributed by atoms with Crippen LogP contribution in [-0.4, -0.2) is 60.9 Å². The second-order valence-electron chi connectivity index (χ2n) is 11.5. The molecule has 2 atom stereocenters. The maximum absolute atomic E-state index is 13.7. The highest BCUT2D eigenvalue weighted by Crippen LogP contribution is 2.43. The van der Waals surface area contributed by atoms with E-state index in [4.69, 9.17) is 0 Å². The van der Waals surface area contributed by atoms with Crippen molar-refractivity contribution in [1.29, 1.82) is 0 Å². The van der Waals surface area contributed by atoms with Gasteiger partial charge in [0.1, 0.15) is 6.04 Å². The van der Waals surface area contributed by atoms with Crippen LogP contribution in [0.5, 0.6) is 0 Å². The predicted octanol–water partition coefficient (Wildman–Crippen LogP) is 3.84. The first-order valence-corrected chi connectivity index (χ1v) is 14.1. The van der Waals surface area contributed by atoms with Gasteiger partial charge in [-0.15, -0.1) is 12.4 Å². The molecule has 39 heavy (non-hydrogen) atoms. The lowest BCUT2D eigenvalue weighted by Crippen LogP contribution is -2.55. The van der Waals surface area contributed by atoms with Crippen LogP contribution in [-0.2, 0) is 26.2 Å². The monoisotopic (exact) mass is 552 g/mol. The maximum atomic E-state index is 13.7. The van der Waals surface area contributed by atoms with Crippen LogP contribution in [0, 0.1) is 5.92 Å². The Morgan fingerprint density at radius 2 is 1.72 bits per heavy atom. The molecule has 5 rings (SSSR count). The zero-order valence-electron chi connectivity index (χ0n) is 23.0. The molecule has 0 aromatic heterocycles. The van der Waals surface area contributed by atoms with Gasteiger partial charge in [0, 0.05) is 31.4 Å². The predicted molar refractivity (Wildman–Crippen MR) is 156 cm³/mol. The second-order valence-corrected chi connectivity index (χ2v) is 11.5. The number of carbonyl (C=O) groups is 3. The minimum Gasteiger partial charge on any atom is -0.344 e. The molecule has 0 spiro atoms. The maximum Gasteiger partial charge on any atom is 0.245 e. The summed E-state index contributed by atoms with van der Waals surface area (Å²) in [5, 5.41) is 6.42. The van der Waals surface area contributed by atoms with Crippen LogP contribution in [0.15, 0.2) is 54.6 Å². The summed E-state index contributed by atoms with van der Waals surface area (Å²) in [7, 11) is 0.